The van der Waals surface area contributed by atoms with Gasteiger partial charge >= 0.3 is 6.18 Å². The summed E-state index contributed by atoms with van der Waals surface area (Å²) in [6.07, 6.45) is -2.22. The van der Waals surface area contributed by atoms with E-state index in [1.165, 1.54) is 6.07 Å². The lowest BCUT2D eigenvalue weighted by Crippen LogP contribution is -2.25. The van der Waals surface area contributed by atoms with E-state index in [0.717, 1.165) is 38.1 Å². The maximum absolute atomic E-state index is 12.6. The van der Waals surface area contributed by atoms with Crippen LogP contribution in [0.15, 0.2) is 24.3 Å². The minimum atomic E-state index is -4.31. The SMILES string of the molecule is CCCN(CC#Cc1cccc(C(F)(F)F)c1)CCC.Cl. The van der Waals surface area contributed by atoms with E-state index in [0.29, 0.717) is 12.1 Å². The first-order valence-electron chi connectivity index (χ1n) is 6.85. The molecule has 0 N–H and O–H groups in total. The highest BCUT2D eigenvalue weighted by Gasteiger charge is 2.30. The number of rotatable bonds is 5. The highest BCUT2D eigenvalue weighted by atomic mass is 35.5. The van der Waals surface area contributed by atoms with Gasteiger partial charge in [0.2, 0.25) is 0 Å². The predicted octanol–water partition coefficient (Wildman–Crippen LogP) is 4.60. The Bertz CT molecular complexity index is 468. The van der Waals surface area contributed by atoms with Gasteiger partial charge in [0.25, 0.3) is 0 Å². The zero-order valence-corrected chi connectivity index (χ0v) is 13.2. The Hall–Kier alpha value is -1.18. The van der Waals surface area contributed by atoms with Crippen molar-refractivity contribution in [1.82, 2.24) is 4.90 Å². The smallest absolute Gasteiger partial charge is 0.292 e. The molecule has 21 heavy (non-hydrogen) atoms. The van der Waals surface area contributed by atoms with Crippen molar-refractivity contribution in [3.63, 3.8) is 0 Å². The minimum Gasteiger partial charge on any atom is -0.292 e. The van der Waals surface area contributed by atoms with Crippen LogP contribution in [0.1, 0.15) is 37.8 Å². The fourth-order valence-electron chi connectivity index (χ4n) is 1.93. The molecule has 118 valence electrons. The van der Waals surface area contributed by atoms with Crippen LogP contribution in [0.2, 0.25) is 0 Å². The van der Waals surface area contributed by atoms with Crippen molar-refractivity contribution < 1.29 is 13.2 Å². The topological polar surface area (TPSA) is 3.24 Å². The molecule has 0 amide bonds. The van der Waals surface area contributed by atoms with Gasteiger partial charge in [-0.1, -0.05) is 31.8 Å². The largest absolute Gasteiger partial charge is 0.416 e. The molecule has 0 saturated heterocycles. The van der Waals surface area contributed by atoms with Gasteiger partial charge in [0, 0.05) is 5.56 Å². The van der Waals surface area contributed by atoms with Crippen molar-refractivity contribution in [1.29, 1.82) is 0 Å². The fourth-order valence-corrected chi connectivity index (χ4v) is 1.93. The first-order chi connectivity index (χ1) is 9.47. The second-order valence-electron chi connectivity index (χ2n) is 4.66. The van der Waals surface area contributed by atoms with Crippen LogP contribution in [0.3, 0.4) is 0 Å². The minimum absolute atomic E-state index is 0. The number of hydrogen-bond donors (Lipinski definition) is 0. The molecule has 1 rings (SSSR count). The van der Waals surface area contributed by atoms with E-state index in [1.54, 1.807) is 6.07 Å². The average Bonchev–Trinajstić information content (AvgIpc) is 2.38. The zero-order chi connectivity index (χ0) is 15.0. The Balaban J connectivity index is 0.00000400. The average molecular weight is 320 g/mol. The molecule has 1 nitrogen and oxygen atoms in total. The lowest BCUT2D eigenvalue weighted by Gasteiger charge is -2.17. The van der Waals surface area contributed by atoms with Crippen LogP contribution < -0.4 is 0 Å². The van der Waals surface area contributed by atoms with Crippen LogP contribution in [0.25, 0.3) is 0 Å². The number of halogens is 4. The Labute approximate surface area is 130 Å². The highest BCUT2D eigenvalue weighted by molar-refractivity contribution is 5.85. The summed E-state index contributed by atoms with van der Waals surface area (Å²) in [5.41, 5.74) is -0.240. The maximum atomic E-state index is 12.6. The van der Waals surface area contributed by atoms with Gasteiger partial charge in [0.15, 0.2) is 0 Å². The van der Waals surface area contributed by atoms with Crippen molar-refractivity contribution in [3.05, 3.63) is 35.4 Å². The van der Waals surface area contributed by atoms with Gasteiger partial charge in [0.1, 0.15) is 0 Å². The standard InChI is InChI=1S/C16H20F3N.ClH/c1-3-10-20(11-4-2)12-6-8-14-7-5-9-15(13-14)16(17,18)19;/h5,7,9,13H,3-4,10-12H2,1-2H3;1H. The van der Waals surface area contributed by atoms with Gasteiger partial charge in [-0.3, -0.25) is 4.90 Å². The molecule has 0 fully saturated rings. The zero-order valence-electron chi connectivity index (χ0n) is 12.3. The Morgan fingerprint density at radius 3 is 2.24 bits per heavy atom. The molecule has 0 aliphatic rings. The third-order valence-electron chi connectivity index (χ3n) is 2.80. The van der Waals surface area contributed by atoms with E-state index in [1.807, 2.05) is 0 Å². The maximum Gasteiger partial charge on any atom is 0.416 e. The summed E-state index contributed by atoms with van der Waals surface area (Å²) < 4.78 is 37.7. The summed E-state index contributed by atoms with van der Waals surface area (Å²) in [6, 6.07) is 5.15. The monoisotopic (exact) mass is 319 g/mol. The van der Waals surface area contributed by atoms with E-state index >= 15 is 0 Å². The van der Waals surface area contributed by atoms with Crippen LogP contribution >= 0.6 is 12.4 Å². The molecule has 0 heterocycles. The van der Waals surface area contributed by atoms with E-state index in [-0.39, 0.29) is 12.4 Å². The molecule has 0 saturated carbocycles. The molecule has 0 aliphatic carbocycles. The van der Waals surface area contributed by atoms with Gasteiger partial charge in [-0.15, -0.1) is 12.4 Å². The number of alkyl halides is 3. The summed E-state index contributed by atoms with van der Waals surface area (Å²) in [6.45, 7) is 6.72. The Kier molecular flexibility index (Phi) is 9.16. The first kappa shape index (κ1) is 19.8. The van der Waals surface area contributed by atoms with Crippen LogP contribution in [-0.2, 0) is 6.18 Å². The van der Waals surface area contributed by atoms with E-state index < -0.39 is 11.7 Å². The van der Waals surface area contributed by atoms with Gasteiger partial charge in [0.05, 0.1) is 12.1 Å². The van der Waals surface area contributed by atoms with Crippen LogP contribution in [0, 0.1) is 11.8 Å². The third kappa shape index (κ3) is 7.40. The molecule has 0 unspecified atom stereocenters. The molecule has 0 spiro atoms. The lowest BCUT2D eigenvalue weighted by molar-refractivity contribution is -0.137. The number of benzene rings is 1. The predicted molar refractivity (Wildman–Crippen MR) is 82.6 cm³/mol. The summed E-state index contributed by atoms with van der Waals surface area (Å²) in [5, 5.41) is 0. The van der Waals surface area contributed by atoms with Gasteiger partial charge in [-0.25, -0.2) is 0 Å². The third-order valence-corrected chi connectivity index (χ3v) is 2.80. The Morgan fingerprint density at radius 2 is 1.71 bits per heavy atom. The lowest BCUT2D eigenvalue weighted by atomic mass is 10.1. The van der Waals surface area contributed by atoms with Crippen molar-refractivity contribution in [2.75, 3.05) is 19.6 Å². The first-order valence-corrected chi connectivity index (χ1v) is 6.85. The van der Waals surface area contributed by atoms with E-state index in [2.05, 4.69) is 30.6 Å². The molecule has 0 aliphatic heterocycles. The Morgan fingerprint density at radius 1 is 1.10 bits per heavy atom. The highest BCUT2D eigenvalue weighted by Crippen LogP contribution is 2.29. The second-order valence-corrected chi connectivity index (χ2v) is 4.66. The van der Waals surface area contributed by atoms with Crippen molar-refractivity contribution in [2.45, 2.75) is 32.9 Å². The molecule has 5 heteroatoms. The fraction of sp³-hybridized carbons (Fsp3) is 0.500. The van der Waals surface area contributed by atoms with Crippen LogP contribution in [0.4, 0.5) is 13.2 Å². The summed E-state index contributed by atoms with van der Waals surface area (Å²) >= 11 is 0. The molecular formula is C16H21ClF3N. The summed E-state index contributed by atoms with van der Waals surface area (Å²) in [7, 11) is 0. The normalized spacial score (nSPS) is 10.8. The van der Waals surface area contributed by atoms with Gasteiger partial charge in [-0.05, 0) is 44.1 Å². The molecule has 0 atom stereocenters. The molecule has 0 aromatic heterocycles. The van der Waals surface area contributed by atoms with Crippen molar-refractivity contribution >= 4 is 12.4 Å². The molecular weight excluding hydrogens is 299 g/mol. The van der Waals surface area contributed by atoms with E-state index in [4.69, 9.17) is 0 Å². The van der Waals surface area contributed by atoms with Crippen molar-refractivity contribution in [2.24, 2.45) is 0 Å². The van der Waals surface area contributed by atoms with Crippen LogP contribution in [-0.4, -0.2) is 24.5 Å². The summed E-state index contributed by atoms with van der Waals surface area (Å²) in [5.74, 6) is 5.77. The summed E-state index contributed by atoms with van der Waals surface area (Å²) in [4.78, 5) is 2.21. The van der Waals surface area contributed by atoms with Gasteiger partial charge < -0.3 is 0 Å². The quantitative estimate of drug-likeness (QED) is 0.717. The van der Waals surface area contributed by atoms with Crippen LogP contribution in [0.5, 0.6) is 0 Å². The molecule has 0 radical (unpaired) electrons. The molecule has 0 bridgehead atoms. The molecule has 1 aromatic carbocycles. The second kappa shape index (κ2) is 9.70. The molecule has 1 aromatic rings. The number of hydrogen-bond acceptors (Lipinski definition) is 1. The van der Waals surface area contributed by atoms with E-state index in [9.17, 15) is 13.2 Å². The van der Waals surface area contributed by atoms with Gasteiger partial charge in [-0.2, -0.15) is 13.2 Å². The van der Waals surface area contributed by atoms with Crippen molar-refractivity contribution in [3.8, 4) is 11.8 Å². The number of nitrogens with zero attached hydrogens (tertiary/aromatic N) is 1.